The van der Waals surface area contributed by atoms with Crippen LogP contribution in [-0.2, 0) is 6.42 Å². The monoisotopic (exact) mass is 204 g/mol. The quantitative estimate of drug-likeness (QED) is 0.777. The zero-order valence-corrected chi connectivity index (χ0v) is 7.90. The van der Waals surface area contributed by atoms with Crippen molar-refractivity contribution < 1.29 is 9.18 Å². The SMILES string of the molecule is O=C(Cc1ccccc1F)c1ncc[nH]1. The summed E-state index contributed by atoms with van der Waals surface area (Å²) in [6, 6.07) is 6.23. The Labute approximate surface area is 86.0 Å². The minimum absolute atomic E-state index is 0.0280. The number of hydrogen-bond acceptors (Lipinski definition) is 2. The maximum atomic E-state index is 13.2. The van der Waals surface area contributed by atoms with E-state index in [1.165, 1.54) is 12.3 Å². The van der Waals surface area contributed by atoms with Gasteiger partial charge in [-0.15, -0.1) is 0 Å². The van der Waals surface area contributed by atoms with Crippen molar-refractivity contribution in [2.75, 3.05) is 0 Å². The molecule has 0 aliphatic rings. The normalized spacial score (nSPS) is 10.2. The van der Waals surface area contributed by atoms with E-state index in [4.69, 9.17) is 0 Å². The third-order valence-electron chi connectivity index (χ3n) is 2.07. The lowest BCUT2D eigenvalue weighted by Gasteiger charge is -1.99. The second kappa shape index (κ2) is 4.04. The largest absolute Gasteiger partial charge is 0.342 e. The summed E-state index contributed by atoms with van der Waals surface area (Å²) in [7, 11) is 0. The Bertz CT molecular complexity index is 465. The number of aromatic amines is 1. The molecule has 1 aromatic heterocycles. The molecule has 3 nitrogen and oxygen atoms in total. The molecule has 15 heavy (non-hydrogen) atoms. The molecule has 0 unspecified atom stereocenters. The maximum absolute atomic E-state index is 13.2. The Kier molecular flexibility index (Phi) is 2.58. The van der Waals surface area contributed by atoms with Crippen molar-refractivity contribution >= 4 is 5.78 Å². The van der Waals surface area contributed by atoms with Crippen LogP contribution in [0, 0.1) is 5.82 Å². The summed E-state index contributed by atoms with van der Waals surface area (Å²) in [4.78, 5) is 18.1. The van der Waals surface area contributed by atoms with E-state index < -0.39 is 0 Å². The lowest BCUT2D eigenvalue weighted by Crippen LogP contribution is -2.06. The molecule has 0 fully saturated rings. The molecule has 0 amide bonds. The van der Waals surface area contributed by atoms with Crippen molar-refractivity contribution in [2.24, 2.45) is 0 Å². The lowest BCUT2D eigenvalue weighted by molar-refractivity contribution is 0.0983. The van der Waals surface area contributed by atoms with Crippen LogP contribution in [0.3, 0.4) is 0 Å². The van der Waals surface area contributed by atoms with Crippen LogP contribution >= 0.6 is 0 Å². The lowest BCUT2D eigenvalue weighted by atomic mass is 10.1. The minimum atomic E-state index is -0.364. The summed E-state index contributed by atoms with van der Waals surface area (Å²) >= 11 is 0. The van der Waals surface area contributed by atoms with Crippen molar-refractivity contribution in [3.63, 3.8) is 0 Å². The number of nitrogens with zero attached hydrogens (tertiary/aromatic N) is 1. The van der Waals surface area contributed by atoms with Gasteiger partial charge in [0.25, 0.3) is 0 Å². The van der Waals surface area contributed by atoms with Gasteiger partial charge in [0.2, 0.25) is 5.78 Å². The molecule has 76 valence electrons. The fourth-order valence-corrected chi connectivity index (χ4v) is 1.32. The van der Waals surface area contributed by atoms with Crippen LogP contribution < -0.4 is 0 Å². The molecule has 1 aromatic carbocycles. The molecular weight excluding hydrogens is 195 g/mol. The van der Waals surface area contributed by atoms with Crippen molar-refractivity contribution in [1.29, 1.82) is 0 Å². The fourth-order valence-electron chi connectivity index (χ4n) is 1.32. The molecule has 0 aliphatic carbocycles. The second-order valence-electron chi connectivity index (χ2n) is 3.13. The van der Waals surface area contributed by atoms with Gasteiger partial charge in [-0.1, -0.05) is 18.2 Å². The number of Topliss-reactive ketones (excluding diaryl/α,β-unsaturated/α-hetero) is 1. The summed E-state index contributed by atoms with van der Waals surface area (Å²) in [6.45, 7) is 0. The van der Waals surface area contributed by atoms with Crippen LogP contribution in [0.1, 0.15) is 16.2 Å². The highest BCUT2D eigenvalue weighted by Gasteiger charge is 2.11. The first-order valence-electron chi connectivity index (χ1n) is 4.53. The Morgan fingerprint density at radius 2 is 2.20 bits per heavy atom. The zero-order valence-electron chi connectivity index (χ0n) is 7.90. The molecule has 0 saturated heterocycles. The van der Waals surface area contributed by atoms with E-state index in [0.29, 0.717) is 5.56 Å². The molecule has 0 radical (unpaired) electrons. The Balaban J connectivity index is 2.17. The second-order valence-corrected chi connectivity index (χ2v) is 3.13. The first kappa shape index (κ1) is 9.58. The van der Waals surface area contributed by atoms with Gasteiger partial charge in [0.15, 0.2) is 5.82 Å². The molecule has 0 spiro atoms. The van der Waals surface area contributed by atoms with Crippen LogP contribution in [0.5, 0.6) is 0 Å². The summed E-state index contributed by atoms with van der Waals surface area (Å²) in [5.74, 6) is -0.319. The van der Waals surface area contributed by atoms with E-state index in [1.807, 2.05) is 0 Å². The molecular formula is C11H9FN2O. The number of aromatic nitrogens is 2. The Hall–Kier alpha value is -1.97. The smallest absolute Gasteiger partial charge is 0.202 e. The minimum Gasteiger partial charge on any atom is -0.342 e. The van der Waals surface area contributed by atoms with Crippen molar-refractivity contribution in [3.05, 3.63) is 53.9 Å². The molecule has 0 saturated carbocycles. The van der Waals surface area contributed by atoms with Gasteiger partial charge in [0, 0.05) is 18.8 Å². The third kappa shape index (κ3) is 2.10. The highest BCUT2D eigenvalue weighted by molar-refractivity contribution is 5.94. The number of benzene rings is 1. The number of rotatable bonds is 3. The van der Waals surface area contributed by atoms with Gasteiger partial charge < -0.3 is 4.98 Å². The predicted octanol–water partition coefficient (Wildman–Crippen LogP) is 1.97. The molecule has 0 aliphatic heterocycles. The molecule has 0 atom stereocenters. The van der Waals surface area contributed by atoms with Gasteiger partial charge in [0.05, 0.1) is 0 Å². The first-order chi connectivity index (χ1) is 7.27. The average molecular weight is 204 g/mol. The van der Waals surface area contributed by atoms with Crippen LogP contribution in [0.2, 0.25) is 0 Å². The van der Waals surface area contributed by atoms with Gasteiger partial charge in [0.1, 0.15) is 5.82 Å². The Morgan fingerprint density at radius 1 is 1.40 bits per heavy atom. The zero-order chi connectivity index (χ0) is 10.7. The van der Waals surface area contributed by atoms with E-state index in [0.717, 1.165) is 0 Å². The highest BCUT2D eigenvalue weighted by atomic mass is 19.1. The van der Waals surface area contributed by atoms with E-state index in [1.54, 1.807) is 24.4 Å². The van der Waals surface area contributed by atoms with Crippen molar-refractivity contribution in [2.45, 2.75) is 6.42 Å². The maximum Gasteiger partial charge on any atom is 0.202 e. The first-order valence-corrected chi connectivity index (χ1v) is 4.53. The van der Waals surface area contributed by atoms with E-state index in [2.05, 4.69) is 9.97 Å². The van der Waals surface area contributed by atoms with Crippen LogP contribution in [-0.4, -0.2) is 15.8 Å². The predicted molar refractivity (Wildman–Crippen MR) is 53.0 cm³/mol. The summed E-state index contributed by atoms with van der Waals surface area (Å²) in [5.41, 5.74) is 0.388. The van der Waals surface area contributed by atoms with Gasteiger partial charge in [-0.2, -0.15) is 0 Å². The molecule has 2 aromatic rings. The summed E-state index contributed by atoms with van der Waals surface area (Å²) in [6.07, 6.45) is 3.09. The number of H-pyrrole nitrogens is 1. The van der Waals surface area contributed by atoms with Crippen molar-refractivity contribution in [3.8, 4) is 0 Å². The van der Waals surface area contributed by atoms with Gasteiger partial charge in [-0.3, -0.25) is 4.79 Å². The van der Waals surface area contributed by atoms with Gasteiger partial charge in [-0.25, -0.2) is 9.37 Å². The number of hydrogen-bond donors (Lipinski definition) is 1. The number of nitrogens with one attached hydrogen (secondary N) is 1. The number of halogens is 1. The standard InChI is InChI=1S/C11H9FN2O/c12-9-4-2-1-3-8(9)7-10(15)11-13-5-6-14-11/h1-6H,7H2,(H,13,14). The number of imidazole rings is 1. The number of carbonyl (C=O) groups is 1. The summed E-state index contributed by atoms with van der Waals surface area (Å²) in [5, 5.41) is 0. The molecule has 1 heterocycles. The fraction of sp³-hybridized carbons (Fsp3) is 0.0909. The Morgan fingerprint density at radius 3 is 2.87 bits per heavy atom. The molecule has 1 N–H and O–H groups in total. The van der Waals surface area contributed by atoms with Crippen LogP contribution in [0.4, 0.5) is 4.39 Å². The van der Waals surface area contributed by atoms with E-state index in [9.17, 15) is 9.18 Å². The topological polar surface area (TPSA) is 45.8 Å². The van der Waals surface area contributed by atoms with E-state index in [-0.39, 0.29) is 23.8 Å². The third-order valence-corrected chi connectivity index (χ3v) is 2.07. The summed E-state index contributed by atoms with van der Waals surface area (Å²) < 4.78 is 13.2. The van der Waals surface area contributed by atoms with Crippen LogP contribution in [0.15, 0.2) is 36.7 Å². The van der Waals surface area contributed by atoms with Crippen LogP contribution in [0.25, 0.3) is 0 Å². The van der Waals surface area contributed by atoms with Gasteiger partial charge in [-0.05, 0) is 11.6 Å². The van der Waals surface area contributed by atoms with E-state index >= 15 is 0 Å². The average Bonchev–Trinajstić information content (AvgIpc) is 2.74. The highest BCUT2D eigenvalue weighted by Crippen LogP contribution is 2.09. The number of carbonyl (C=O) groups excluding carboxylic acids is 1. The van der Waals surface area contributed by atoms with Gasteiger partial charge >= 0.3 is 0 Å². The number of ketones is 1. The molecule has 2 rings (SSSR count). The van der Waals surface area contributed by atoms with Crippen molar-refractivity contribution in [1.82, 2.24) is 9.97 Å². The molecule has 0 bridgehead atoms. The molecule has 4 heteroatoms.